The van der Waals surface area contributed by atoms with E-state index in [2.05, 4.69) is 4.98 Å². The quantitative estimate of drug-likeness (QED) is 0.757. The first-order valence-corrected chi connectivity index (χ1v) is 3.72. The Labute approximate surface area is 77.7 Å². The molecule has 0 radical (unpaired) electrons. The minimum atomic E-state index is -2.85. The molecule has 0 saturated heterocycles. The minimum Gasteiger partial charge on any atom is -0.325 e. The van der Waals surface area contributed by atoms with Crippen LogP contribution in [0.1, 0.15) is 28.2 Å². The van der Waals surface area contributed by atoms with E-state index in [0.29, 0.717) is 6.07 Å². The molecule has 1 rings (SSSR count). The molecule has 1 aromatic rings. The van der Waals surface area contributed by atoms with Crippen molar-refractivity contribution in [3.8, 4) is 0 Å². The van der Waals surface area contributed by atoms with E-state index in [4.69, 9.17) is 5.73 Å². The van der Waals surface area contributed by atoms with Crippen LogP contribution in [0, 0.1) is 5.82 Å². The number of aldehydes is 1. The van der Waals surface area contributed by atoms with Gasteiger partial charge in [0.1, 0.15) is 5.69 Å². The normalized spacial score (nSPS) is 10.6. The Bertz CT molecular complexity index is 355. The lowest BCUT2D eigenvalue weighted by Crippen LogP contribution is -2.08. The molecule has 76 valence electrons. The monoisotopic (exact) mass is 204 g/mol. The van der Waals surface area contributed by atoms with E-state index < -0.39 is 23.5 Å². The Hall–Kier alpha value is -1.43. The molecule has 0 atom stereocenters. The number of halogens is 3. The van der Waals surface area contributed by atoms with Crippen molar-refractivity contribution < 1.29 is 18.0 Å². The third-order valence-corrected chi connectivity index (χ3v) is 1.62. The Morgan fingerprint density at radius 3 is 2.64 bits per heavy atom. The predicted octanol–water partition coefficient (Wildman–Crippen LogP) is 1.43. The lowest BCUT2D eigenvalue weighted by molar-refractivity contribution is 0.111. The zero-order valence-corrected chi connectivity index (χ0v) is 7.01. The van der Waals surface area contributed by atoms with Crippen molar-refractivity contribution in [1.82, 2.24) is 4.98 Å². The van der Waals surface area contributed by atoms with Crippen LogP contribution in [0.2, 0.25) is 0 Å². The van der Waals surface area contributed by atoms with E-state index in [1.54, 1.807) is 0 Å². The van der Waals surface area contributed by atoms with Crippen molar-refractivity contribution in [3.05, 3.63) is 28.8 Å². The second-order valence-electron chi connectivity index (χ2n) is 2.52. The second kappa shape index (κ2) is 4.19. The summed E-state index contributed by atoms with van der Waals surface area (Å²) < 4.78 is 37.5. The summed E-state index contributed by atoms with van der Waals surface area (Å²) >= 11 is 0. The van der Waals surface area contributed by atoms with E-state index in [9.17, 15) is 18.0 Å². The maximum atomic E-state index is 13.1. The molecule has 0 fully saturated rings. The number of carbonyl (C=O) groups is 1. The average molecular weight is 204 g/mol. The first kappa shape index (κ1) is 10.6. The number of pyridine rings is 1. The largest absolute Gasteiger partial charge is 0.325 e. The highest BCUT2D eigenvalue weighted by Gasteiger charge is 2.16. The molecule has 1 heterocycles. The summed E-state index contributed by atoms with van der Waals surface area (Å²) in [7, 11) is 0. The smallest absolute Gasteiger partial charge is 0.280 e. The number of aromatic nitrogens is 1. The first-order valence-electron chi connectivity index (χ1n) is 3.72. The molecule has 1 aromatic heterocycles. The van der Waals surface area contributed by atoms with Gasteiger partial charge >= 0.3 is 0 Å². The van der Waals surface area contributed by atoms with Gasteiger partial charge in [-0.15, -0.1) is 0 Å². The van der Waals surface area contributed by atoms with Gasteiger partial charge in [-0.3, -0.25) is 4.79 Å². The van der Waals surface area contributed by atoms with Gasteiger partial charge in [0, 0.05) is 6.54 Å². The highest BCUT2D eigenvalue weighted by atomic mass is 19.3. The van der Waals surface area contributed by atoms with Crippen LogP contribution in [-0.4, -0.2) is 11.3 Å². The van der Waals surface area contributed by atoms with Crippen LogP contribution in [0.4, 0.5) is 13.2 Å². The third kappa shape index (κ3) is 1.90. The lowest BCUT2D eigenvalue weighted by atomic mass is 10.2. The number of nitrogens with two attached hydrogens (primary N) is 1. The Morgan fingerprint density at radius 1 is 1.57 bits per heavy atom. The number of alkyl halides is 2. The number of rotatable bonds is 3. The molecule has 0 aliphatic heterocycles. The summed E-state index contributed by atoms with van der Waals surface area (Å²) in [6.45, 7) is -0.326. The SMILES string of the molecule is NCc1nc(C(F)F)cc(C=O)c1F. The molecule has 0 aliphatic rings. The molecule has 3 nitrogen and oxygen atoms in total. The molecule has 0 aliphatic carbocycles. The van der Waals surface area contributed by atoms with Crippen molar-refractivity contribution >= 4 is 6.29 Å². The van der Waals surface area contributed by atoms with Gasteiger partial charge in [-0.2, -0.15) is 0 Å². The van der Waals surface area contributed by atoms with Crippen LogP contribution in [0.15, 0.2) is 6.07 Å². The molecular formula is C8H7F3N2O. The molecule has 0 spiro atoms. The summed E-state index contributed by atoms with van der Waals surface area (Å²) in [6, 6.07) is 0.714. The number of hydrogen-bond donors (Lipinski definition) is 1. The molecule has 0 saturated carbocycles. The van der Waals surface area contributed by atoms with Gasteiger partial charge in [-0.25, -0.2) is 18.2 Å². The van der Waals surface area contributed by atoms with Gasteiger partial charge in [0.2, 0.25) is 0 Å². The molecule has 0 aromatic carbocycles. The van der Waals surface area contributed by atoms with E-state index in [1.807, 2.05) is 0 Å². The molecule has 0 unspecified atom stereocenters. The third-order valence-electron chi connectivity index (χ3n) is 1.62. The lowest BCUT2D eigenvalue weighted by Gasteiger charge is -2.05. The Kier molecular flexibility index (Phi) is 3.19. The van der Waals surface area contributed by atoms with Crippen LogP contribution in [0.25, 0.3) is 0 Å². The number of carbonyl (C=O) groups excluding carboxylic acids is 1. The summed E-state index contributed by atoms with van der Waals surface area (Å²) in [5.41, 5.74) is 3.66. The molecule has 0 amide bonds. The van der Waals surface area contributed by atoms with Gasteiger partial charge in [0.15, 0.2) is 12.1 Å². The van der Waals surface area contributed by atoms with E-state index in [1.165, 1.54) is 0 Å². The molecular weight excluding hydrogens is 197 g/mol. The molecule has 14 heavy (non-hydrogen) atoms. The second-order valence-corrected chi connectivity index (χ2v) is 2.52. The Balaban J connectivity index is 3.31. The number of nitrogens with zero attached hydrogens (tertiary/aromatic N) is 1. The zero-order chi connectivity index (χ0) is 10.7. The van der Waals surface area contributed by atoms with Gasteiger partial charge in [0.05, 0.1) is 11.3 Å². The van der Waals surface area contributed by atoms with Crippen molar-refractivity contribution in [3.63, 3.8) is 0 Å². The predicted molar refractivity (Wildman–Crippen MR) is 42.4 cm³/mol. The molecule has 2 N–H and O–H groups in total. The van der Waals surface area contributed by atoms with Crippen molar-refractivity contribution in [2.45, 2.75) is 13.0 Å². The van der Waals surface area contributed by atoms with E-state index in [0.717, 1.165) is 0 Å². The highest BCUT2D eigenvalue weighted by molar-refractivity contribution is 5.75. The van der Waals surface area contributed by atoms with Gasteiger partial charge in [-0.1, -0.05) is 0 Å². The fourth-order valence-electron chi connectivity index (χ4n) is 0.959. The number of hydrogen-bond acceptors (Lipinski definition) is 3. The topological polar surface area (TPSA) is 56.0 Å². The maximum Gasteiger partial charge on any atom is 0.280 e. The van der Waals surface area contributed by atoms with Crippen LogP contribution in [0.3, 0.4) is 0 Å². The first-order chi connectivity index (χ1) is 6.60. The van der Waals surface area contributed by atoms with Crippen LogP contribution >= 0.6 is 0 Å². The van der Waals surface area contributed by atoms with Crippen LogP contribution in [-0.2, 0) is 6.54 Å². The maximum absolute atomic E-state index is 13.1. The van der Waals surface area contributed by atoms with E-state index >= 15 is 0 Å². The van der Waals surface area contributed by atoms with Crippen molar-refractivity contribution in [2.24, 2.45) is 5.73 Å². The van der Waals surface area contributed by atoms with Crippen LogP contribution < -0.4 is 5.73 Å². The average Bonchev–Trinajstić information content (AvgIpc) is 2.17. The summed E-state index contributed by atoms with van der Waals surface area (Å²) in [6.07, 6.45) is -2.69. The zero-order valence-electron chi connectivity index (χ0n) is 7.01. The highest BCUT2D eigenvalue weighted by Crippen LogP contribution is 2.20. The van der Waals surface area contributed by atoms with Crippen LogP contribution in [0.5, 0.6) is 0 Å². The fourth-order valence-corrected chi connectivity index (χ4v) is 0.959. The standard InChI is InChI=1S/C8H7F3N2O/c9-7-4(3-14)1-5(8(10)11)13-6(7)2-12/h1,3,8H,2,12H2. The summed E-state index contributed by atoms with van der Waals surface area (Å²) in [4.78, 5) is 13.6. The van der Waals surface area contributed by atoms with Crippen molar-refractivity contribution in [1.29, 1.82) is 0 Å². The molecule has 0 bridgehead atoms. The van der Waals surface area contributed by atoms with E-state index in [-0.39, 0.29) is 18.5 Å². The Morgan fingerprint density at radius 2 is 2.21 bits per heavy atom. The minimum absolute atomic E-state index is 0.155. The van der Waals surface area contributed by atoms with Gasteiger partial charge in [-0.05, 0) is 6.07 Å². The van der Waals surface area contributed by atoms with Crippen molar-refractivity contribution in [2.75, 3.05) is 0 Å². The summed E-state index contributed by atoms with van der Waals surface area (Å²) in [5.74, 6) is -0.938. The molecule has 6 heteroatoms. The summed E-state index contributed by atoms with van der Waals surface area (Å²) in [5, 5.41) is 0. The fraction of sp³-hybridized carbons (Fsp3) is 0.250. The van der Waals surface area contributed by atoms with Gasteiger partial charge < -0.3 is 5.73 Å². The van der Waals surface area contributed by atoms with Gasteiger partial charge in [0.25, 0.3) is 6.43 Å².